The van der Waals surface area contributed by atoms with Crippen LogP contribution in [0.15, 0.2) is 54.6 Å². The van der Waals surface area contributed by atoms with E-state index in [2.05, 4.69) is 36.5 Å². The second-order valence-corrected chi connectivity index (χ2v) is 7.71. The van der Waals surface area contributed by atoms with Crippen LogP contribution in [0.5, 0.6) is 0 Å². The van der Waals surface area contributed by atoms with Gasteiger partial charge in [-0.05, 0) is 62.4 Å². The molecule has 1 aliphatic carbocycles. The molecule has 0 saturated carbocycles. The Morgan fingerprint density at radius 1 is 1.07 bits per heavy atom. The van der Waals surface area contributed by atoms with Gasteiger partial charge in [0.1, 0.15) is 11.6 Å². The summed E-state index contributed by atoms with van der Waals surface area (Å²) < 4.78 is 15.2. The molecule has 4 nitrogen and oxygen atoms in total. The van der Waals surface area contributed by atoms with Crippen LogP contribution in [0.3, 0.4) is 0 Å². The minimum atomic E-state index is -0.242. The summed E-state index contributed by atoms with van der Waals surface area (Å²) in [5, 5.41) is 8.43. The molecule has 0 atom stereocenters. The predicted octanol–water partition coefficient (Wildman–Crippen LogP) is 4.99. The normalized spacial score (nSPS) is 13.0. The van der Waals surface area contributed by atoms with Crippen LogP contribution in [-0.4, -0.2) is 21.1 Å². The highest BCUT2D eigenvalue weighted by atomic mass is 19.1. The van der Waals surface area contributed by atoms with Crippen molar-refractivity contribution < 1.29 is 4.39 Å². The van der Waals surface area contributed by atoms with Crippen LogP contribution >= 0.6 is 0 Å². The molecule has 0 bridgehead atoms. The molecule has 4 aromatic rings. The van der Waals surface area contributed by atoms with Gasteiger partial charge < -0.3 is 5.32 Å². The zero-order valence-corrected chi connectivity index (χ0v) is 16.5. The molecule has 2 aromatic carbocycles. The number of aryl methyl sites for hydroxylation is 2. The second kappa shape index (κ2) is 7.32. The van der Waals surface area contributed by atoms with Gasteiger partial charge in [-0.1, -0.05) is 29.8 Å². The smallest absolute Gasteiger partial charge is 0.158 e. The van der Waals surface area contributed by atoms with Gasteiger partial charge in [0.05, 0.1) is 5.69 Å². The van der Waals surface area contributed by atoms with Crippen molar-refractivity contribution in [1.82, 2.24) is 14.6 Å². The topological polar surface area (TPSA) is 42.2 Å². The Labute approximate surface area is 169 Å². The Morgan fingerprint density at radius 3 is 2.76 bits per heavy atom. The average Bonchev–Trinajstić information content (AvgIpc) is 3.35. The highest BCUT2D eigenvalue weighted by Crippen LogP contribution is 2.30. The summed E-state index contributed by atoms with van der Waals surface area (Å²) in [5.41, 5.74) is 7.59. The van der Waals surface area contributed by atoms with Gasteiger partial charge in [0.25, 0.3) is 0 Å². The first kappa shape index (κ1) is 17.9. The van der Waals surface area contributed by atoms with E-state index < -0.39 is 0 Å². The summed E-state index contributed by atoms with van der Waals surface area (Å²) >= 11 is 0. The number of hydrogen-bond donors (Lipinski definition) is 1. The van der Waals surface area contributed by atoms with Gasteiger partial charge in [-0.25, -0.2) is 9.37 Å². The SMILES string of the molecule is Cc1cccc(CCNc2c3c(nc4cc(-c5ccc(F)cc5)nn24)CCC3)c1. The van der Waals surface area contributed by atoms with Crippen LogP contribution in [0.25, 0.3) is 16.9 Å². The zero-order chi connectivity index (χ0) is 19.8. The van der Waals surface area contributed by atoms with Crippen LogP contribution in [0, 0.1) is 12.7 Å². The van der Waals surface area contributed by atoms with Gasteiger partial charge in [0.15, 0.2) is 5.65 Å². The third-order valence-corrected chi connectivity index (χ3v) is 5.56. The molecular formula is C24H23FN4. The molecule has 0 fully saturated rings. The Hall–Kier alpha value is -3.21. The van der Waals surface area contributed by atoms with E-state index in [9.17, 15) is 4.39 Å². The third kappa shape index (κ3) is 3.48. The molecule has 0 spiro atoms. The molecule has 1 aliphatic rings. The molecular weight excluding hydrogens is 363 g/mol. The Bertz CT molecular complexity index is 1180. The Kier molecular flexibility index (Phi) is 4.51. The first-order valence-corrected chi connectivity index (χ1v) is 10.1. The van der Waals surface area contributed by atoms with Gasteiger partial charge in [-0.15, -0.1) is 0 Å². The quantitative estimate of drug-likeness (QED) is 0.526. The molecule has 1 N–H and O–H groups in total. The van der Waals surface area contributed by atoms with E-state index in [0.29, 0.717) is 0 Å². The summed E-state index contributed by atoms with van der Waals surface area (Å²) in [6.45, 7) is 2.96. The molecule has 0 radical (unpaired) electrons. The number of nitrogens with zero attached hydrogens (tertiary/aromatic N) is 3. The zero-order valence-electron chi connectivity index (χ0n) is 16.5. The molecule has 0 saturated heterocycles. The fourth-order valence-corrected chi connectivity index (χ4v) is 4.12. The number of hydrogen-bond acceptors (Lipinski definition) is 3. The summed E-state index contributed by atoms with van der Waals surface area (Å²) in [6.07, 6.45) is 4.12. The number of rotatable bonds is 5. The molecule has 5 rings (SSSR count). The Balaban J connectivity index is 1.48. The maximum atomic E-state index is 13.3. The van der Waals surface area contributed by atoms with Gasteiger partial charge in [0.2, 0.25) is 0 Å². The van der Waals surface area contributed by atoms with E-state index in [1.54, 1.807) is 12.1 Å². The first-order chi connectivity index (χ1) is 14.2. The van der Waals surface area contributed by atoms with Gasteiger partial charge in [-0.2, -0.15) is 9.61 Å². The Morgan fingerprint density at radius 2 is 1.93 bits per heavy atom. The number of aromatic nitrogens is 3. The number of anilines is 1. The minimum Gasteiger partial charge on any atom is -0.369 e. The highest BCUT2D eigenvalue weighted by Gasteiger charge is 2.21. The molecule has 2 heterocycles. The van der Waals surface area contributed by atoms with Crippen molar-refractivity contribution in [3.05, 3.63) is 82.8 Å². The van der Waals surface area contributed by atoms with E-state index >= 15 is 0 Å². The second-order valence-electron chi connectivity index (χ2n) is 7.71. The van der Waals surface area contributed by atoms with E-state index in [1.807, 2.05) is 10.6 Å². The molecule has 0 aliphatic heterocycles. The van der Waals surface area contributed by atoms with Crippen molar-refractivity contribution in [1.29, 1.82) is 0 Å². The van der Waals surface area contributed by atoms with Gasteiger partial charge in [-0.3, -0.25) is 0 Å². The van der Waals surface area contributed by atoms with Crippen molar-refractivity contribution >= 4 is 11.5 Å². The van der Waals surface area contributed by atoms with E-state index in [-0.39, 0.29) is 5.82 Å². The third-order valence-electron chi connectivity index (χ3n) is 5.56. The predicted molar refractivity (Wildman–Crippen MR) is 114 cm³/mol. The molecule has 0 amide bonds. The van der Waals surface area contributed by atoms with Crippen molar-refractivity contribution in [3.8, 4) is 11.3 Å². The first-order valence-electron chi connectivity index (χ1n) is 10.1. The van der Waals surface area contributed by atoms with E-state index in [4.69, 9.17) is 10.1 Å². The van der Waals surface area contributed by atoms with Gasteiger partial charge in [0, 0.05) is 29.4 Å². The highest BCUT2D eigenvalue weighted by molar-refractivity contribution is 5.67. The number of fused-ring (bicyclic) bond motifs is 2. The number of halogens is 1. The fourth-order valence-electron chi connectivity index (χ4n) is 4.12. The summed E-state index contributed by atoms with van der Waals surface area (Å²) in [7, 11) is 0. The molecule has 2 aromatic heterocycles. The van der Waals surface area contributed by atoms with Crippen LogP contribution in [0.4, 0.5) is 10.2 Å². The van der Waals surface area contributed by atoms with Crippen LogP contribution < -0.4 is 5.32 Å². The lowest BCUT2D eigenvalue weighted by Gasteiger charge is -2.13. The average molecular weight is 386 g/mol. The van der Waals surface area contributed by atoms with E-state index in [1.165, 1.54) is 34.5 Å². The minimum absolute atomic E-state index is 0.242. The van der Waals surface area contributed by atoms with Crippen LogP contribution in [-0.2, 0) is 19.3 Å². The lowest BCUT2D eigenvalue weighted by molar-refractivity contribution is 0.628. The number of benzene rings is 2. The van der Waals surface area contributed by atoms with Crippen LogP contribution in [0.2, 0.25) is 0 Å². The molecule has 0 unspecified atom stereocenters. The molecule has 29 heavy (non-hydrogen) atoms. The maximum Gasteiger partial charge on any atom is 0.158 e. The summed E-state index contributed by atoms with van der Waals surface area (Å²) in [4.78, 5) is 4.84. The monoisotopic (exact) mass is 386 g/mol. The molecule has 146 valence electrons. The number of nitrogens with one attached hydrogen (secondary N) is 1. The maximum absolute atomic E-state index is 13.3. The summed E-state index contributed by atoms with van der Waals surface area (Å²) in [5.74, 6) is 0.802. The van der Waals surface area contributed by atoms with Crippen molar-refractivity contribution in [2.75, 3.05) is 11.9 Å². The lowest BCUT2D eigenvalue weighted by atomic mass is 10.1. The summed E-state index contributed by atoms with van der Waals surface area (Å²) in [6, 6.07) is 17.1. The van der Waals surface area contributed by atoms with E-state index in [0.717, 1.165) is 55.0 Å². The van der Waals surface area contributed by atoms with Crippen molar-refractivity contribution in [2.24, 2.45) is 0 Å². The van der Waals surface area contributed by atoms with Gasteiger partial charge >= 0.3 is 0 Å². The standard InChI is InChI=1S/C24H23FN4/c1-16-4-2-5-17(14-16)12-13-26-24-20-6-3-7-21(20)27-23-15-22(28-29(23)24)18-8-10-19(25)11-9-18/h2,4-5,8-11,14-15,26H,3,6-7,12-13H2,1H3. The van der Waals surface area contributed by atoms with Crippen molar-refractivity contribution in [3.63, 3.8) is 0 Å². The lowest BCUT2D eigenvalue weighted by Crippen LogP contribution is -2.12. The van der Waals surface area contributed by atoms with Crippen molar-refractivity contribution in [2.45, 2.75) is 32.6 Å². The fraction of sp³-hybridized carbons (Fsp3) is 0.250. The largest absolute Gasteiger partial charge is 0.369 e. The molecule has 5 heteroatoms. The van der Waals surface area contributed by atoms with Crippen LogP contribution in [0.1, 0.15) is 28.8 Å².